The minimum atomic E-state index is 0.801. The van der Waals surface area contributed by atoms with E-state index in [-0.39, 0.29) is 0 Å². The second-order valence-electron chi connectivity index (χ2n) is 4.00. The normalized spacial score (nSPS) is 30.8. The van der Waals surface area contributed by atoms with Gasteiger partial charge in [0, 0.05) is 31.4 Å². The molecule has 0 radical (unpaired) electrons. The lowest BCUT2D eigenvalue weighted by atomic mass is 10.3. The molecule has 0 aliphatic carbocycles. The molecule has 1 fully saturated rings. The smallest absolute Gasteiger partial charge is 0.0670 e. The van der Waals surface area contributed by atoms with E-state index in [9.17, 15) is 0 Å². The van der Waals surface area contributed by atoms with Gasteiger partial charge < -0.3 is 9.80 Å². The van der Waals surface area contributed by atoms with Crippen molar-refractivity contribution in [2.24, 2.45) is 0 Å². The van der Waals surface area contributed by atoms with Crippen molar-refractivity contribution < 1.29 is 0 Å². The number of rotatable bonds is 1. The quantitative estimate of drug-likeness (QED) is 0.632. The summed E-state index contributed by atoms with van der Waals surface area (Å²) in [5.74, 6) is 0. The lowest BCUT2D eigenvalue weighted by Gasteiger charge is -2.34. The van der Waals surface area contributed by atoms with E-state index in [2.05, 4.69) is 29.8 Å². The maximum atomic E-state index is 2.54. The third kappa shape index (κ3) is 2.20. The summed E-state index contributed by atoms with van der Waals surface area (Å²) < 4.78 is 0. The van der Waals surface area contributed by atoms with Gasteiger partial charge in [0.1, 0.15) is 0 Å². The van der Waals surface area contributed by atoms with Gasteiger partial charge in [0.2, 0.25) is 0 Å². The summed E-state index contributed by atoms with van der Waals surface area (Å²) in [5, 5.41) is 2.33. The van der Waals surface area contributed by atoms with Crippen LogP contribution in [-0.4, -0.2) is 48.3 Å². The third-order valence-corrected chi connectivity index (χ3v) is 4.02. The second kappa shape index (κ2) is 3.93. The fraction of sp³-hybridized carbons (Fsp3) is 0.800. The van der Waals surface area contributed by atoms with E-state index in [1.165, 1.54) is 37.6 Å². The highest BCUT2D eigenvalue weighted by Crippen LogP contribution is 2.34. The lowest BCUT2D eigenvalue weighted by Crippen LogP contribution is -2.43. The molecule has 2 aliphatic rings. The molecular weight excluding hydrogens is 180 g/mol. The zero-order chi connectivity index (χ0) is 9.26. The van der Waals surface area contributed by atoms with Crippen LogP contribution < -0.4 is 0 Å². The molecule has 2 nitrogen and oxygen atoms in total. The van der Waals surface area contributed by atoms with Crippen molar-refractivity contribution in [3.05, 3.63) is 11.1 Å². The summed E-state index contributed by atoms with van der Waals surface area (Å²) in [6.45, 7) is 7.16. The van der Waals surface area contributed by atoms with Crippen LogP contribution >= 0.6 is 11.8 Å². The topological polar surface area (TPSA) is 6.48 Å². The van der Waals surface area contributed by atoms with Crippen molar-refractivity contribution in [2.75, 3.05) is 33.2 Å². The molecule has 1 atom stereocenters. The highest BCUT2D eigenvalue weighted by molar-refractivity contribution is 8.03. The summed E-state index contributed by atoms with van der Waals surface area (Å²) in [6.07, 6.45) is 3.66. The summed E-state index contributed by atoms with van der Waals surface area (Å²) >= 11 is 2.04. The van der Waals surface area contributed by atoms with Gasteiger partial charge in [0.25, 0.3) is 0 Å². The first-order chi connectivity index (χ1) is 6.25. The van der Waals surface area contributed by atoms with Gasteiger partial charge in [-0.3, -0.25) is 0 Å². The molecule has 0 N–H and O–H groups in total. The van der Waals surface area contributed by atoms with Crippen LogP contribution in [0, 0.1) is 0 Å². The fourth-order valence-electron chi connectivity index (χ4n) is 1.80. The second-order valence-corrected chi connectivity index (χ2v) is 5.46. The van der Waals surface area contributed by atoms with Crippen molar-refractivity contribution in [1.29, 1.82) is 0 Å². The van der Waals surface area contributed by atoms with Crippen molar-refractivity contribution in [2.45, 2.75) is 18.6 Å². The van der Waals surface area contributed by atoms with Crippen LogP contribution in [0.4, 0.5) is 0 Å². The van der Waals surface area contributed by atoms with E-state index < -0.39 is 0 Å². The molecule has 0 aromatic rings. The number of likely N-dealkylation sites (N-methyl/N-ethyl adjacent to an activating group) is 1. The molecule has 0 saturated carbocycles. The highest BCUT2D eigenvalue weighted by atomic mass is 32.2. The van der Waals surface area contributed by atoms with E-state index in [1.807, 2.05) is 11.8 Å². The Morgan fingerprint density at radius 1 is 1.31 bits per heavy atom. The minimum Gasteiger partial charge on any atom is -0.364 e. The first-order valence-corrected chi connectivity index (χ1v) is 5.94. The van der Waals surface area contributed by atoms with Gasteiger partial charge in [-0.05, 0) is 13.5 Å². The van der Waals surface area contributed by atoms with Gasteiger partial charge in [-0.1, -0.05) is 13.0 Å². The summed E-state index contributed by atoms with van der Waals surface area (Å²) in [6, 6.07) is 0. The van der Waals surface area contributed by atoms with Crippen LogP contribution in [0.3, 0.4) is 0 Å². The molecule has 2 aliphatic heterocycles. The molecule has 0 spiro atoms. The highest BCUT2D eigenvalue weighted by Gasteiger charge is 2.21. The van der Waals surface area contributed by atoms with Gasteiger partial charge in [0.05, 0.1) is 5.03 Å². The maximum absolute atomic E-state index is 2.54. The van der Waals surface area contributed by atoms with E-state index in [1.54, 1.807) is 0 Å². The van der Waals surface area contributed by atoms with Crippen molar-refractivity contribution >= 4 is 11.8 Å². The lowest BCUT2D eigenvalue weighted by molar-refractivity contribution is 0.195. The molecule has 74 valence electrons. The Morgan fingerprint density at radius 3 is 2.54 bits per heavy atom. The zero-order valence-electron chi connectivity index (χ0n) is 8.49. The molecule has 0 aromatic heterocycles. The first kappa shape index (κ1) is 9.41. The standard InChI is InChI=1S/C10H18N2S/c1-9-3-4-10(13-9)12-7-5-11(2)6-8-12/h4,9H,3,5-8H2,1-2H3/t9-/m1/s1. The van der Waals surface area contributed by atoms with Crippen molar-refractivity contribution in [1.82, 2.24) is 9.80 Å². The largest absolute Gasteiger partial charge is 0.364 e. The SMILES string of the molecule is C[C@@H]1CC=C(N2CCN(C)CC2)S1. The molecule has 1 saturated heterocycles. The van der Waals surface area contributed by atoms with Crippen LogP contribution in [-0.2, 0) is 0 Å². The summed E-state index contributed by atoms with van der Waals surface area (Å²) in [4.78, 5) is 4.94. The number of hydrogen-bond donors (Lipinski definition) is 0. The monoisotopic (exact) mass is 198 g/mol. The van der Waals surface area contributed by atoms with Crippen LogP contribution in [0.15, 0.2) is 11.1 Å². The molecule has 0 aromatic carbocycles. The van der Waals surface area contributed by atoms with Gasteiger partial charge in [0.15, 0.2) is 0 Å². The zero-order valence-corrected chi connectivity index (χ0v) is 9.31. The number of allylic oxidation sites excluding steroid dienone is 1. The molecule has 0 unspecified atom stereocenters. The molecule has 3 heteroatoms. The predicted molar refractivity (Wildman–Crippen MR) is 58.8 cm³/mol. The Hall–Kier alpha value is -0.150. The van der Waals surface area contributed by atoms with Crippen LogP contribution in [0.5, 0.6) is 0 Å². The van der Waals surface area contributed by atoms with Gasteiger partial charge in [-0.15, -0.1) is 11.8 Å². The van der Waals surface area contributed by atoms with E-state index in [0.717, 1.165) is 5.25 Å². The van der Waals surface area contributed by atoms with E-state index in [4.69, 9.17) is 0 Å². The average Bonchev–Trinajstić information content (AvgIpc) is 2.53. The Labute approximate surface area is 85.0 Å². The van der Waals surface area contributed by atoms with Gasteiger partial charge in [-0.2, -0.15) is 0 Å². The number of hydrogen-bond acceptors (Lipinski definition) is 3. The van der Waals surface area contributed by atoms with E-state index >= 15 is 0 Å². The predicted octanol–water partition coefficient (Wildman–Crippen LogP) is 1.60. The Kier molecular flexibility index (Phi) is 2.84. The molecule has 0 bridgehead atoms. The average molecular weight is 198 g/mol. The fourth-order valence-corrected chi connectivity index (χ4v) is 2.93. The third-order valence-electron chi connectivity index (χ3n) is 2.76. The summed E-state index contributed by atoms with van der Waals surface area (Å²) in [5.41, 5.74) is 0. The molecule has 0 amide bonds. The first-order valence-electron chi connectivity index (χ1n) is 5.06. The molecule has 2 heterocycles. The van der Waals surface area contributed by atoms with Crippen molar-refractivity contribution in [3.63, 3.8) is 0 Å². The Bertz CT molecular complexity index is 207. The number of piperazine rings is 1. The Balaban J connectivity index is 1.88. The number of nitrogens with zero attached hydrogens (tertiary/aromatic N) is 2. The molecule has 13 heavy (non-hydrogen) atoms. The van der Waals surface area contributed by atoms with Gasteiger partial charge >= 0.3 is 0 Å². The molecule has 2 rings (SSSR count). The van der Waals surface area contributed by atoms with Crippen LogP contribution in [0.2, 0.25) is 0 Å². The van der Waals surface area contributed by atoms with Crippen LogP contribution in [0.1, 0.15) is 13.3 Å². The molecular formula is C10H18N2S. The minimum absolute atomic E-state index is 0.801. The summed E-state index contributed by atoms with van der Waals surface area (Å²) in [7, 11) is 2.20. The van der Waals surface area contributed by atoms with Crippen molar-refractivity contribution in [3.8, 4) is 0 Å². The van der Waals surface area contributed by atoms with Gasteiger partial charge in [-0.25, -0.2) is 0 Å². The van der Waals surface area contributed by atoms with E-state index in [0.29, 0.717) is 0 Å². The maximum Gasteiger partial charge on any atom is 0.0670 e. The Morgan fingerprint density at radius 2 is 2.00 bits per heavy atom. The number of thioether (sulfide) groups is 1. The van der Waals surface area contributed by atoms with Crippen LogP contribution in [0.25, 0.3) is 0 Å².